The smallest absolute Gasteiger partial charge is 0.265 e. The molecule has 2 N–H and O–H groups in total. The fraction of sp³-hybridized carbons (Fsp3) is 0.833. The molecule has 0 aromatic carbocycles. The van der Waals surface area contributed by atoms with Gasteiger partial charge >= 0.3 is 0 Å². The van der Waals surface area contributed by atoms with Crippen LogP contribution in [0, 0.1) is 0 Å². The second-order valence-electron chi connectivity index (χ2n) is 6.87. The third kappa shape index (κ3) is 10.6. The van der Waals surface area contributed by atoms with E-state index in [4.69, 9.17) is 4.55 Å². The summed E-state index contributed by atoms with van der Waals surface area (Å²) in [7, 11) is -3.94. The Hall–Kier alpha value is -0.920. The Kier molecular flexibility index (Phi) is 12.0. The highest BCUT2D eigenvalue weighted by atomic mass is 32.2. The van der Waals surface area contributed by atoms with E-state index >= 15 is 0 Å². The molecule has 7 heteroatoms. The van der Waals surface area contributed by atoms with Crippen LogP contribution in [0.4, 0.5) is 0 Å². The first-order valence-electron chi connectivity index (χ1n) is 9.42. The summed E-state index contributed by atoms with van der Waals surface area (Å²) in [6.45, 7) is 13.3. The van der Waals surface area contributed by atoms with Crippen LogP contribution < -0.4 is 5.32 Å². The third-order valence-corrected chi connectivity index (χ3v) is 5.66. The van der Waals surface area contributed by atoms with Crippen LogP contribution in [0.25, 0.3) is 0 Å². The van der Waals surface area contributed by atoms with E-state index in [1.807, 2.05) is 0 Å². The van der Waals surface area contributed by atoms with Gasteiger partial charge in [-0.15, -0.1) is 0 Å². The van der Waals surface area contributed by atoms with Gasteiger partial charge in [0.2, 0.25) is 5.91 Å². The Morgan fingerprint density at radius 2 is 1.68 bits per heavy atom. The Labute approximate surface area is 154 Å². The first kappa shape index (κ1) is 24.1. The number of rotatable bonds is 15. The van der Waals surface area contributed by atoms with Crippen molar-refractivity contribution in [1.82, 2.24) is 5.32 Å². The summed E-state index contributed by atoms with van der Waals surface area (Å²) < 4.78 is 32.2. The fourth-order valence-electron chi connectivity index (χ4n) is 3.21. The maximum absolute atomic E-state index is 11.3. The van der Waals surface area contributed by atoms with E-state index in [2.05, 4.69) is 32.7 Å². The van der Waals surface area contributed by atoms with Crippen LogP contribution in [-0.2, 0) is 14.9 Å². The van der Waals surface area contributed by atoms with Gasteiger partial charge in [0.25, 0.3) is 10.1 Å². The van der Waals surface area contributed by atoms with Gasteiger partial charge in [-0.25, -0.2) is 0 Å². The number of nitrogens with one attached hydrogen (secondary N) is 1. The molecule has 0 fully saturated rings. The molecule has 0 spiro atoms. The van der Waals surface area contributed by atoms with Crippen molar-refractivity contribution in [3.63, 3.8) is 0 Å². The van der Waals surface area contributed by atoms with Gasteiger partial charge in [0.15, 0.2) is 0 Å². The van der Waals surface area contributed by atoms with E-state index < -0.39 is 10.1 Å². The van der Waals surface area contributed by atoms with Crippen LogP contribution in [0.5, 0.6) is 0 Å². The molecule has 25 heavy (non-hydrogen) atoms. The zero-order chi connectivity index (χ0) is 19.3. The second-order valence-corrected chi connectivity index (χ2v) is 8.44. The van der Waals surface area contributed by atoms with Crippen molar-refractivity contribution in [3.8, 4) is 0 Å². The largest absolute Gasteiger partial charge is 0.352 e. The van der Waals surface area contributed by atoms with Crippen molar-refractivity contribution >= 4 is 16.0 Å². The number of amides is 1. The van der Waals surface area contributed by atoms with Gasteiger partial charge in [0.1, 0.15) is 0 Å². The van der Waals surface area contributed by atoms with E-state index in [9.17, 15) is 13.2 Å². The highest BCUT2D eigenvalue weighted by Crippen LogP contribution is 2.22. The summed E-state index contributed by atoms with van der Waals surface area (Å²) in [4.78, 5) is 11.3. The van der Waals surface area contributed by atoms with Crippen molar-refractivity contribution in [2.75, 3.05) is 31.9 Å². The van der Waals surface area contributed by atoms with Gasteiger partial charge in [-0.3, -0.25) is 9.35 Å². The van der Waals surface area contributed by atoms with Gasteiger partial charge in [-0.1, -0.05) is 33.3 Å². The Balaban J connectivity index is 5.04. The zero-order valence-electron chi connectivity index (χ0n) is 16.2. The molecule has 0 aromatic rings. The first-order chi connectivity index (χ1) is 11.7. The van der Waals surface area contributed by atoms with Gasteiger partial charge < -0.3 is 9.80 Å². The van der Waals surface area contributed by atoms with Crippen molar-refractivity contribution in [2.24, 2.45) is 0 Å². The molecule has 0 aliphatic rings. The molecule has 0 aromatic heterocycles. The highest BCUT2D eigenvalue weighted by molar-refractivity contribution is 7.85. The van der Waals surface area contributed by atoms with Gasteiger partial charge in [-0.2, -0.15) is 8.42 Å². The van der Waals surface area contributed by atoms with Gasteiger partial charge in [-0.05, 0) is 25.8 Å². The van der Waals surface area contributed by atoms with E-state index in [0.717, 1.165) is 56.2 Å². The summed E-state index contributed by atoms with van der Waals surface area (Å²) in [5, 5.41) is 2.81. The lowest BCUT2D eigenvalue weighted by atomic mass is 10.1. The predicted molar refractivity (Wildman–Crippen MR) is 103 cm³/mol. The first-order valence-corrected chi connectivity index (χ1v) is 11.0. The second kappa shape index (κ2) is 12.4. The topological polar surface area (TPSA) is 83.5 Å². The minimum Gasteiger partial charge on any atom is -0.352 e. The number of unbranched alkanes of at least 4 members (excludes halogenated alkanes) is 2. The number of hydrogen-bond acceptors (Lipinski definition) is 3. The molecular formula is C18H37N2O4S+. The third-order valence-electron chi connectivity index (χ3n) is 4.91. The SMILES string of the molecule is C=CC(=O)NCCC[N+](CCCC)(CCCC)C(C)CCS(=O)(=O)O. The normalized spacial score (nSPS) is 13.4. The van der Waals surface area contributed by atoms with Gasteiger partial charge in [0.05, 0.1) is 31.4 Å². The molecule has 1 atom stereocenters. The van der Waals surface area contributed by atoms with Crippen molar-refractivity contribution < 1.29 is 22.2 Å². The Morgan fingerprint density at radius 1 is 1.16 bits per heavy atom. The molecule has 148 valence electrons. The molecule has 1 unspecified atom stereocenters. The van der Waals surface area contributed by atoms with Crippen molar-refractivity contribution in [2.45, 2.75) is 65.3 Å². The van der Waals surface area contributed by atoms with Crippen LogP contribution >= 0.6 is 0 Å². The molecule has 0 saturated heterocycles. The number of carbonyl (C=O) groups is 1. The van der Waals surface area contributed by atoms with Crippen LogP contribution in [-0.4, -0.2) is 61.3 Å². The maximum Gasteiger partial charge on any atom is 0.265 e. The summed E-state index contributed by atoms with van der Waals surface area (Å²) in [6.07, 6.45) is 6.89. The molecule has 0 aliphatic heterocycles. The molecule has 0 aliphatic carbocycles. The van der Waals surface area contributed by atoms with Crippen molar-refractivity contribution in [1.29, 1.82) is 0 Å². The lowest BCUT2D eigenvalue weighted by Crippen LogP contribution is -2.56. The minimum atomic E-state index is -3.94. The Bertz CT molecular complexity index is 483. The van der Waals surface area contributed by atoms with Crippen molar-refractivity contribution in [3.05, 3.63) is 12.7 Å². The number of nitrogens with zero attached hydrogens (tertiary/aromatic N) is 1. The zero-order valence-corrected chi connectivity index (χ0v) is 17.0. The molecule has 6 nitrogen and oxygen atoms in total. The summed E-state index contributed by atoms with van der Waals surface area (Å²) in [5.74, 6) is -0.362. The number of hydrogen-bond donors (Lipinski definition) is 2. The summed E-state index contributed by atoms with van der Waals surface area (Å²) in [6, 6.07) is 0.148. The van der Waals surface area contributed by atoms with E-state index in [0.29, 0.717) is 13.0 Å². The molecule has 0 bridgehead atoms. The molecule has 0 saturated carbocycles. The van der Waals surface area contributed by atoms with Crippen LogP contribution in [0.3, 0.4) is 0 Å². The molecule has 0 heterocycles. The predicted octanol–water partition coefficient (Wildman–Crippen LogP) is 2.76. The Morgan fingerprint density at radius 3 is 2.12 bits per heavy atom. The van der Waals surface area contributed by atoms with Crippen LogP contribution in [0.15, 0.2) is 12.7 Å². The molecule has 0 radical (unpaired) electrons. The molecule has 1 amide bonds. The maximum atomic E-state index is 11.3. The molecular weight excluding hydrogens is 340 g/mol. The number of quaternary nitrogens is 1. The standard InChI is InChI=1S/C18H36N2O4S/c1-5-8-13-20(14-9-6-2,15-10-12-19-18(21)7-3)17(4)11-16-25(22,23)24/h7,17H,3,5-6,8-16H2,1-2,4H3,(H-,19,21,22,23,24)/p+1. The lowest BCUT2D eigenvalue weighted by molar-refractivity contribution is -0.950. The van der Waals surface area contributed by atoms with E-state index in [1.165, 1.54) is 6.08 Å². The van der Waals surface area contributed by atoms with Gasteiger partial charge in [0, 0.05) is 19.4 Å². The average Bonchev–Trinajstić information content (AvgIpc) is 2.57. The van der Waals surface area contributed by atoms with Crippen LogP contribution in [0.2, 0.25) is 0 Å². The van der Waals surface area contributed by atoms with E-state index in [1.54, 1.807) is 0 Å². The average molecular weight is 378 g/mol. The van der Waals surface area contributed by atoms with E-state index in [-0.39, 0.29) is 17.7 Å². The fourth-order valence-corrected chi connectivity index (χ4v) is 3.85. The lowest BCUT2D eigenvalue weighted by Gasteiger charge is -2.44. The minimum absolute atomic E-state index is 0.148. The number of carbonyl (C=O) groups excluding carboxylic acids is 1. The molecule has 0 rings (SSSR count). The summed E-state index contributed by atoms with van der Waals surface area (Å²) >= 11 is 0. The summed E-state index contributed by atoms with van der Waals surface area (Å²) in [5.41, 5.74) is 0. The quantitative estimate of drug-likeness (QED) is 0.199. The monoisotopic (exact) mass is 377 g/mol. The van der Waals surface area contributed by atoms with Crippen LogP contribution in [0.1, 0.15) is 59.3 Å². The highest BCUT2D eigenvalue weighted by Gasteiger charge is 2.33.